The van der Waals surface area contributed by atoms with Gasteiger partial charge in [0.05, 0.1) is 22.0 Å². The zero-order chi connectivity index (χ0) is 22.0. The fourth-order valence-electron chi connectivity index (χ4n) is 2.87. The van der Waals surface area contributed by atoms with Crippen molar-refractivity contribution in [2.75, 3.05) is 5.32 Å². The van der Waals surface area contributed by atoms with E-state index in [4.69, 9.17) is 16.3 Å². The summed E-state index contributed by atoms with van der Waals surface area (Å²) >= 11 is 9.30. The molecule has 156 valence electrons. The normalized spacial score (nSPS) is 11.8. The number of aromatic nitrogens is 2. The molecule has 0 aliphatic carbocycles. The lowest BCUT2D eigenvalue weighted by Gasteiger charge is -2.13. The van der Waals surface area contributed by atoms with Crippen molar-refractivity contribution in [3.8, 4) is 5.69 Å². The van der Waals surface area contributed by atoms with E-state index in [-0.39, 0.29) is 21.8 Å². The van der Waals surface area contributed by atoms with Crippen molar-refractivity contribution in [1.82, 2.24) is 9.36 Å². The molecule has 0 radical (unpaired) electrons. The number of anilines is 1. The highest BCUT2D eigenvalue weighted by atomic mass is 79.9. The van der Waals surface area contributed by atoms with Crippen LogP contribution in [0.15, 0.2) is 57.8 Å². The third-order valence-electron chi connectivity index (χ3n) is 4.60. The second-order valence-electron chi connectivity index (χ2n) is 6.60. The number of para-hydroxylation sites is 1. The molecule has 1 atom stereocenters. The number of carbonyl (C=O) groups excluding carboxylic acids is 2. The van der Waals surface area contributed by atoms with Gasteiger partial charge in [-0.1, -0.05) is 45.7 Å². The summed E-state index contributed by atoms with van der Waals surface area (Å²) in [5, 5.41) is 2.79. The van der Waals surface area contributed by atoms with Gasteiger partial charge < -0.3 is 10.1 Å². The molecule has 1 amide bonds. The van der Waals surface area contributed by atoms with Gasteiger partial charge in [-0.3, -0.25) is 14.3 Å². The number of nitrogens with one attached hydrogen (secondary N) is 1. The molecule has 30 heavy (non-hydrogen) atoms. The lowest BCUT2D eigenvalue weighted by Crippen LogP contribution is -2.32. The Morgan fingerprint density at radius 1 is 1.17 bits per heavy atom. The summed E-state index contributed by atoms with van der Waals surface area (Å²) in [7, 11) is 1.72. The van der Waals surface area contributed by atoms with Crippen molar-refractivity contribution in [2.24, 2.45) is 7.05 Å². The number of amides is 1. The van der Waals surface area contributed by atoms with Gasteiger partial charge in [-0.25, -0.2) is 9.48 Å². The molecule has 0 bridgehead atoms. The number of hydrogen-bond donors (Lipinski definition) is 1. The fraction of sp³-hybridized carbons (Fsp3) is 0.190. The molecule has 0 spiro atoms. The molecule has 2 aromatic carbocycles. The molecule has 0 unspecified atom stereocenters. The van der Waals surface area contributed by atoms with Crippen molar-refractivity contribution in [1.29, 1.82) is 0 Å². The van der Waals surface area contributed by atoms with Gasteiger partial charge in [-0.05, 0) is 44.2 Å². The smallest absolute Gasteiger partial charge is 0.340 e. The minimum absolute atomic E-state index is 0.120. The number of hydrogen-bond acceptors (Lipinski definition) is 4. The Hall–Kier alpha value is -2.84. The first kappa shape index (κ1) is 21.9. The summed E-state index contributed by atoms with van der Waals surface area (Å²) in [5.74, 6) is -1.36. The summed E-state index contributed by atoms with van der Waals surface area (Å²) in [4.78, 5) is 37.9. The lowest BCUT2D eigenvalue weighted by atomic mass is 10.2. The van der Waals surface area contributed by atoms with Crippen molar-refractivity contribution >= 4 is 45.1 Å². The lowest BCUT2D eigenvalue weighted by molar-refractivity contribution is -0.123. The second-order valence-corrected chi connectivity index (χ2v) is 7.92. The maximum atomic E-state index is 12.9. The van der Waals surface area contributed by atoms with Crippen molar-refractivity contribution in [2.45, 2.75) is 20.0 Å². The number of carbonyl (C=O) groups is 2. The van der Waals surface area contributed by atoms with Gasteiger partial charge in [-0.15, -0.1) is 0 Å². The van der Waals surface area contributed by atoms with Gasteiger partial charge in [0.25, 0.3) is 11.5 Å². The van der Waals surface area contributed by atoms with E-state index in [9.17, 15) is 14.4 Å². The third-order valence-corrected chi connectivity index (χ3v) is 5.43. The van der Waals surface area contributed by atoms with Crippen LogP contribution in [0.5, 0.6) is 0 Å². The molecule has 1 heterocycles. The number of rotatable bonds is 5. The van der Waals surface area contributed by atoms with E-state index < -0.39 is 18.0 Å². The van der Waals surface area contributed by atoms with E-state index in [1.807, 2.05) is 18.2 Å². The van der Waals surface area contributed by atoms with E-state index in [1.165, 1.54) is 17.7 Å². The van der Waals surface area contributed by atoms with Crippen LogP contribution in [-0.4, -0.2) is 27.3 Å². The molecule has 0 aliphatic heterocycles. The van der Waals surface area contributed by atoms with Crippen LogP contribution in [0.3, 0.4) is 0 Å². The summed E-state index contributed by atoms with van der Waals surface area (Å²) in [6.45, 7) is 3.14. The first-order chi connectivity index (χ1) is 14.2. The number of halogens is 2. The number of ether oxygens (including phenoxy) is 1. The van der Waals surface area contributed by atoms with Crippen LogP contribution in [0.25, 0.3) is 5.69 Å². The van der Waals surface area contributed by atoms with Crippen molar-refractivity contribution < 1.29 is 14.3 Å². The molecule has 9 heteroatoms. The van der Waals surface area contributed by atoms with Crippen LogP contribution in [-0.2, 0) is 16.6 Å². The topological polar surface area (TPSA) is 82.3 Å². The third kappa shape index (κ3) is 4.34. The number of esters is 1. The van der Waals surface area contributed by atoms with Crippen LogP contribution >= 0.6 is 27.5 Å². The highest BCUT2D eigenvalue weighted by Gasteiger charge is 2.24. The standard InChI is InChI=1S/C21H19BrClN3O4/c1-12-18(20(28)26(25(12)3)15-7-5-4-6-8-15)24-19(27)13(2)30-21(29)16-11-14(22)9-10-17(16)23/h4-11,13H,1-3H3,(H,24,27)/t13-/m0/s1. The highest BCUT2D eigenvalue weighted by molar-refractivity contribution is 9.10. The fourth-order valence-corrected chi connectivity index (χ4v) is 3.42. The predicted octanol–water partition coefficient (Wildman–Crippen LogP) is 4.08. The van der Waals surface area contributed by atoms with Crippen LogP contribution in [0.4, 0.5) is 5.69 Å². The molecule has 1 N–H and O–H groups in total. The Morgan fingerprint density at radius 3 is 2.50 bits per heavy atom. The predicted molar refractivity (Wildman–Crippen MR) is 118 cm³/mol. The van der Waals surface area contributed by atoms with Gasteiger partial charge in [0.15, 0.2) is 6.10 Å². The summed E-state index contributed by atoms with van der Waals surface area (Å²) in [6, 6.07) is 13.8. The molecule has 7 nitrogen and oxygen atoms in total. The van der Waals surface area contributed by atoms with Crippen LogP contribution in [0.2, 0.25) is 5.02 Å². The number of benzene rings is 2. The average Bonchev–Trinajstić information content (AvgIpc) is 2.93. The minimum Gasteiger partial charge on any atom is -0.449 e. The van der Waals surface area contributed by atoms with Gasteiger partial charge in [0.2, 0.25) is 0 Å². The largest absolute Gasteiger partial charge is 0.449 e. The first-order valence-corrected chi connectivity index (χ1v) is 10.2. The monoisotopic (exact) mass is 491 g/mol. The Balaban J connectivity index is 1.80. The first-order valence-electron chi connectivity index (χ1n) is 9.01. The minimum atomic E-state index is -1.14. The van der Waals surface area contributed by atoms with Crippen molar-refractivity contribution in [3.63, 3.8) is 0 Å². The van der Waals surface area contributed by atoms with Gasteiger partial charge in [0, 0.05) is 11.5 Å². The van der Waals surface area contributed by atoms with Crippen LogP contribution < -0.4 is 10.9 Å². The van der Waals surface area contributed by atoms with Gasteiger partial charge in [0.1, 0.15) is 5.69 Å². The zero-order valence-electron chi connectivity index (χ0n) is 16.5. The molecule has 0 saturated carbocycles. The van der Waals surface area contributed by atoms with E-state index >= 15 is 0 Å². The van der Waals surface area contributed by atoms with Gasteiger partial charge >= 0.3 is 5.97 Å². The second kappa shape index (κ2) is 8.89. The summed E-state index contributed by atoms with van der Waals surface area (Å²) in [5.41, 5.74) is 1.09. The average molecular weight is 493 g/mol. The van der Waals surface area contributed by atoms with E-state index in [2.05, 4.69) is 21.2 Å². The Bertz CT molecular complexity index is 1170. The maximum Gasteiger partial charge on any atom is 0.340 e. The zero-order valence-corrected chi connectivity index (χ0v) is 18.8. The number of nitrogens with zero attached hydrogens (tertiary/aromatic N) is 2. The molecule has 0 aliphatic rings. The van der Waals surface area contributed by atoms with Crippen LogP contribution in [0.1, 0.15) is 23.0 Å². The Labute approximate surface area is 186 Å². The van der Waals surface area contributed by atoms with Gasteiger partial charge in [-0.2, -0.15) is 0 Å². The van der Waals surface area contributed by atoms with E-state index in [0.29, 0.717) is 15.9 Å². The Morgan fingerprint density at radius 2 is 1.83 bits per heavy atom. The molecule has 3 aromatic rings. The van der Waals surface area contributed by atoms with E-state index in [1.54, 1.807) is 42.9 Å². The quantitative estimate of drug-likeness (QED) is 0.544. The molecular formula is C21H19BrClN3O4. The highest BCUT2D eigenvalue weighted by Crippen LogP contribution is 2.22. The van der Waals surface area contributed by atoms with E-state index in [0.717, 1.165) is 0 Å². The SMILES string of the molecule is Cc1c(NC(=O)[C@H](C)OC(=O)c2cc(Br)ccc2Cl)c(=O)n(-c2ccccc2)n1C. The van der Waals surface area contributed by atoms with Crippen LogP contribution in [0, 0.1) is 6.92 Å². The molecule has 3 rings (SSSR count). The molecule has 1 aromatic heterocycles. The summed E-state index contributed by atoms with van der Waals surface area (Å²) in [6.07, 6.45) is -1.14. The Kier molecular flexibility index (Phi) is 6.48. The molecular weight excluding hydrogens is 474 g/mol. The molecule has 0 saturated heterocycles. The van der Waals surface area contributed by atoms with Crippen molar-refractivity contribution in [3.05, 3.63) is 79.6 Å². The molecule has 0 fully saturated rings. The summed E-state index contributed by atoms with van der Waals surface area (Å²) < 4.78 is 8.98. The maximum absolute atomic E-state index is 12.9.